The van der Waals surface area contributed by atoms with Gasteiger partial charge in [-0.25, -0.2) is 4.79 Å². The topological polar surface area (TPSA) is 157 Å². The largest absolute Gasteiger partial charge is 0.478 e. The Balaban J connectivity index is 2.47. The molecule has 10 heteroatoms. The van der Waals surface area contributed by atoms with E-state index in [2.05, 4.69) is 21.3 Å². The lowest BCUT2D eigenvalue weighted by Gasteiger charge is -2.16. The summed E-state index contributed by atoms with van der Waals surface area (Å²) >= 11 is 0. The van der Waals surface area contributed by atoms with Crippen LogP contribution < -0.4 is 21.3 Å². The fourth-order valence-electron chi connectivity index (χ4n) is 1.90. The number of hydrogen-bond acceptors (Lipinski definition) is 6. The third-order valence-electron chi connectivity index (χ3n) is 3.44. The summed E-state index contributed by atoms with van der Waals surface area (Å²) in [6, 6.07) is 3.85. The number of carboxylic acids is 1. The van der Waals surface area contributed by atoms with E-state index in [-0.39, 0.29) is 12.1 Å². The van der Waals surface area contributed by atoms with Gasteiger partial charge in [0.2, 0.25) is 17.7 Å². The number of hydrogen-bond donors (Lipinski definition) is 6. The summed E-state index contributed by atoms with van der Waals surface area (Å²) in [5.74, 6) is -2.70. The van der Waals surface area contributed by atoms with Crippen molar-refractivity contribution in [3.63, 3.8) is 0 Å². The SMILES string of the molecule is CN[C@@H](CO)C(=O)NCC(=O)N[C@H](C)C(=O)Nc1ccc(C(=O)O)cc1. The van der Waals surface area contributed by atoms with Gasteiger partial charge in [-0.1, -0.05) is 0 Å². The van der Waals surface area contributed by atoms with E-state index >= 15 is 0 Å². The van der Waals surface area contributed by atoms with Gasteiger partial charge in [0.15, 0.2) is 0 Å². The molecule has 0 saturated carbocycles. The second-order valence-corrected chi connectivity index (χ2v) is 5.40. The minimum absolute atomic E-state index is 0.0860. The molecule has 10 nitrogen and oxygen atoms in total. The molecule has 0 radical (unpaired) electrons. The van der Waals surface area contributed by atoms with Crippen molar-refractivity contribution in [2.24, 2.45) is 0 Å². The molecule has 0 fully saturated rings. The van der Waals surface area contributed by atoms with Crippen LogP contribution in [0.4, 0.5) is 5.69 Å². The van der Waals surface area contributed by atoms with Crippen LogP contribution in [0.15, 0.2) is 24.3 Å². The molecule has 0 spiro atoms. The maximum Gasteiger partial charge on any atom is 0.335 e. The summed E-state index contributed by atoms with van der Waals surface area (Å²) in [5, 5.41) is 27.6. The van der Waals surface area contributed by atoms with Gasteiger partial charge in [0.05, 0.1) is 18.7 Å². The van der Waals surface area contributed by atoms with E-state index in [1.54, 1.807) is 0 Å². The Morgan fingerprint density at radius 3 is 2.19 bits per heavy atom. The van der Waals surface area contributed by atoms with Crippen LogP contribution in [0.1, 0.15) is 17.3 Å². The third-order valence-corrected chi connectivity index (χ3v) is 3.44. The number of carbonyl (C=O) groups excluding carboxylic acids is 3. The number of carbonyl (C=O) groups is 4. The Hall–Kier alpha value is -2.98. The van der Waals surface area contributed by atoms with E-state index in [4.69, 9.17) is 10.2 Å². The monoisotopic (exact) mass is 366 g/mol. The van der Waals surface area contributed by atoms with Crippen molar-refractivity contribution < 1.29 is 29.4 Å². The summed E-state index contributed by atoms with van der Waals surface area (Å²) in [4.78, 5) is 46.2. The number of nitrogens with one attached hydrogen (secondary N) is 4. The zero-order valence-electron chi connectivity index (χ0n) is 14.4. The van der Waals surface area contributed by atoms with Gasteiger partial charge in [-0.05, 0) is 38.2 Å². The molecule has 1 aromatic carbocycles. The molecule has 0 aliphatic heterocycles. The zero-order chi connectivity index (χ0) is 19.7. The smallest absolute Gasteiger partial charge is 0.335 e. The van der Waals surface area contributed by atoms with Crippen LogP contribution in [-0.2, 0) is 14.4 Å². The van der Waals surface area contributed by atoms with E-state index in [1.165, 1.54) is 38.2 Å². The maximum absolute atomic E-state index is 12.0. The van der Waals surface area contributed by atoms with Crippen molar-refractivity contribution in [1.29, 1.82) is 0 Å². The fraction of sp³-hybridized carbons (Fsp3) is 0.375. The normalized spacial score (nSPS) is 12.6. The highest BCUT2D eigenvalue weighted by Gasteiger charge is 2.18. The quantitative estimate of drug-likeness (QED) is 0.311. The second kappa shape index (κ2) is 10.1. The molecular weight excluding hydrogens is 344 g/mol. The lowest BCUT2D eigenvalue weighted by molar-refractivity contribution is -0.129. The van der Waals surface area contributed by atoms with Gasteiger partial charge in [-0.3, -0.25) is 14.4 Å². The Morgan fingerprint density at radius 2 is 1.69 bits per heavy atom. The van der Waals surface area contributed by atoms with Crippen molar-refractivity contribution in [2.45, 2.75) is 19.0 Å². The van der Waals surface area contributed by atoms with Gasteiger partial charge in [0.1, 0.15) is 12.1 Å². The minimum atomic E-state index is -1.08. The molecule has 26 heavy (non-hydrogen) atoms. The van der Waals surface area contributed by atoms with E-state index in [0.717, 1.165) is 0 Å². The van der Waals surface area contributed by atoms with Gasteiger partial charge in [0, 0.05) is 5.69 Å². The van der Waals surface area contributed by atoms with Crippen molar-refractivity contribution in [3.8, 4) is 0 Å². The standard InChI is InChI=1S/C16H22N4O6/c1-9(19-13(22)7-18-15(24)12(8-21)17-2)14(23)20-11-5-3-10(4-6-11)16(25)26/h3-6,9,12,17,21H,7-8H2,1-2H3,(H,18,24)(H,19,22)(H,20,23)(H,25,26)/t9-,12+/m1/s1. The average molecular weight is 366 g/mol. The molecule has 1 rings (SSSR count). The second-order valence-electron chi connectivity index (χ2n) is 5.40. The molecule has 2 atom stereocenters. The van der Waals surface area contributed by atoms with Crippen LogP contribution >= 0.6 is 0 Å². The molecule has 1 aromatic rings. The Bertz CT molecular complexity index is 657. The van der Waals surface area contributed by atoms with Gasteiger partial charge in [0.25, 0.3) is 0 Å². The van der Waals surface area contributed by atoms with Crippen LogP contribution in [-0.4, -0.2) is 66.2 Å². The lowest BCUT2D eigenvalue weighted by atomic mass is 10.2. The molecule has 0 unspecified atom stereocenters. The maximum atomic E-state index is 12.0. The number of aliphatic hydroxyl groups is 1. The Morgan fingerprint density at radius 1 is 1.08 bits per heavy atom. The number of benzene rings is 1. The van der Waals surface area contributed by atoms with Crippen LogP contribution in [0.5, 0.6) is 0 Å². The predicted octanol–water partition coefficient (Wildman–Crippen LogP) is -1.48. The van der Waals surface area contributed by atoms with E-state index < -0.39 is 42.4 Å². The van der Waals surface area contributed by atoms with E-state index in [0.29, 0.717) is 5.69 Å². The minimum Gasteiger partial charge on any atom is -0.478 e. The number of anilines is 1. The first-order chi connectivity index (χ1) is 12.3. The Kier molecular flexibility index (Phi) is 8.19. The summed E-state index contributed by atoms with van der Waals surface area (Å²) in [6.07, 6.45) is 0. The van der Waals surface area contributed by atoms with Crippen LogP contribution in [0.2, 0.25) is 0 Å². The molecule has 0 saturated heterocycles. The number of carboxylic acid groups (broad SMARTS) is 1. The number of likely N-dealkylation sites (N-methyl/N-ethyl adjacent to an activating group) is 1. The predicted molar refractivity (Wildman–Crippen MR) is 92.6 cm³/mol. The van der Waals surface area contributed by atoms with Crippen LogP contribution in [0.3, 0.4) is 0 Å². The van der Waals surface area contributed by atoms with E-state index in [9.17, 15) is 19.2 Å². The summed E-state index contributed by atoms with van der Waals surface area (Å²) < 4.78 is 0. The highest BCUT2D eigenvalue weighted by molar-refractivity contribution is 5.98. The molecule has 6 N–H and O–H groups in total. The molecule has 0 aliphatic carbocycles. The first-order valence-electron chi connectivity index (χ1n) is 7.78. The summed E-state index contributed by atoms with van der Waals surface area (Å²) in [5.41, 5.74) is 0.469. The highest BCUT2D eigenvalue weighted by Crippen LogP contribution is 2.09. The summed E-state index contributed by atoms with van der Waals surface area (Å²) in [6.45, 7) is 0.705. The van der Waals surface area contributed by atoms with Crippen molar-refractivity contribution in [2.75, 3.05) is 25.5 Å². The first kappa shape index (κ1) is 21.1. The number of aromatic carboxylic acids is 1. The van der Waals surface area contributed by atoms with Crippen molar-refractivity contribution >= 4 is 29.4 Å². The zero-order valence-corrected chi connectivity index (χ0v) is 14.4. The van der Waals surface area contributed by atoms with E-state index in [1.807, 2.05) is 0 Å². The molecule has 0 aromatic heterocycles. The summed E-state index contributed by atoms with van der Waals surface area (Å²) in [7, 11) is 1.50. The molecule has 0 aliphatic rings. The van der Waals surface area contributed by atoms with Crippen LogP contribution in [0.25, 0.3) is 0 Å². The number of amides is 3. The third kappa shape index (κ3) is 6.49. The van der Waals surface area contributed by atoms with Gasteiger partial charge >= 0.3 is 5.97 Å². The lowest BCUT2D eigenvalue weighted by Crippen LogP contribution is -2.50. The first-order valence-corrected chi connectivity index (χ1v) is 7.78. The van der Waals surface area contributed by atoms with Crippen molar-refractivity contribution in [3.05, 3.63) is 29.8 Å². The molecule has 142 valence electrons. The van der Waals surface area contributed by atoms with Gasteiger partial charge in [-0.15, -0.1) is 0 Å². The van der Waals surface area contributed by atoms with Gasteiger partial charge < -0.3 is 31.5 Å². The molecule has 0 heterocycles. The molecule has 0 bridgehead atoms. The molecule has 3 amide bonds. The molecular formula is C16H22N4O6. The van der Waals surface area contributed by atoms with Crippen LogP contribution in [0, 0.1) is 0 Å². The Labute approximate surface area is 150 Å². The number of aliphatic hydroxyl groups excluding tert-OH is 1. The number of rotatable bonds is 9. The van der Waals surface area contributed by atoms with Crippen molar-refractivity contribution in [1.82, 2.24) is 16.0 Å². The van der Waals surface area contributed by atoms with Gasteiger partial charge in [-0.2, -0.15) is 0 Å². The highest BCUT2D eigenvalue weighted by atomic mass is 16.4. The fourth-order valence-corrected chi connectivity index (χ4v) is 1.90. The average Bonchev–Trinajstić information content (AvgIpc) is 2.61.